The summed E-state index contributed by atoms with van der Waals surface area (Å²) < 4.78 is 1.94. The molecule has 1 aromatic heterocycles. The van der Waals surface area contributed by atoms with E-state index in [1.54, 1.807) is 0 Å². The number of nitrogens with zero attached hydrogens (tertiary/aromatic N) is 3. The first-order chi connectivity index (χ1) is 9.86. The van der Waals surface area contributed by atoms with Gasteiger partial charge < -0.3 is 5.32 Å². The molecular weight excluding hydrogens is 248 g/mol. The second-order valence-electron chi connectivity index (χ2n) is 4.83. The van der Waals surface area contributed by atoms with Crippen LogP contribution in [0.4, 0.5) is 0 Å². The van der Waals surface area contributed by atoms with Crippen molar-refractivity contribution in [2.75, 3.05) is 6.54 Å². The summed E-state index contributed by atoms with van der Waals surface area (Å²) in [5.41, 5.74) is 4.56. The van der Waals surface area contributed by atoms with Gasteiger partial charge in [0.15, 0.2) is 0 Å². The van der Waals surface area contributed by atoms with Gasteiger partial charge in [-0.1, -0.05) is 48.5 Å². The average molecular weight is 266 g/mol. The van der Waals surface area contributed by atoms with Gasteiger partial charge >= 0.3 is 0 Å². The molecule has 0 saturated heterocycles. The molecule has 0 aliphatic rings. The topological polar surface area (TPSA) is 42.7 Å². The van der Waals surface area contributed by atoms with Crippen LogP contribution in [0.3, 0.4) is 0 Å². The van der Waals surface area contributed by atoms with Gasteiger partial charge in [0.25, 0.3) is 0 Å². The van der Waals surface area contributed by atoms with E-state index >= 15 is 0 Å². The monoisotopic (exact) mass is 266 g/mol. The quantitative estimate of drug-likeness (QED) is 0.772. The van der Waals surface area contributed by atoms with Crippen LogP contribution in [0.15, 0.2) is 48.5 Å². The summed E-state index contributed by atoms with van der Waals surface area (Å²) in [6.07, 6.45) is 0. The first-order valence-corrected chi connectivity index (χ1v) is 6.93. The van der Waals surface area contributed by atoms with Crippen molar-refractivity contribution in [2.24, 2.45) is 0 Å². The lowest BCUT2D eigenvalue weighted by atomic mass is 10.1. The number of nitrogens with one attached hydrogen (secondary N) is 1. The third-order valence-electron chi connectivity index (χ3n) is 3.35. The normalized spacial score (nSPS) is 11.1. The Balaban J connectivity index is 1.77. The smallest absolute Gasteiger partial charge is 0.113 e. The Labute approximate surface area is 118 Å². The molecule has 0 amide bonds. The largest absolute Gasteiger partial charge is 0.313 e. The van der Waals surface area contributed by atoms with Gasteiger partial charge in [-0.05, 0) is 29.8 Å². The Morgan fingerprint density at radius 3 is 2.55 bits per heavy atom. The molecule has 3 aromatic rings. The van der Waals surface area contributed by atoms with Crippen molar-refractivity contribution in [3.63, 3.8) is 0 Å². The summed E-state index contributed by atoms with van der Waals surface area (Å²) in [5, 5.41) is 11.7. The lowest BCUT2D eigenvalue weighted by molar-refractivity contribution is 0.669. The first kappa shape index (κ1) is 12.8. The molecular formula is C16H18N4. The van der Waals surface area contributed by atoms with E-state index < -0.39 is 0 Å². The molecule has 2 aromatic carbocycles. The minimum Gasteiger partial charge on any atom is -0.313 e. The van der Waals surface area contributed by atoms with E-state index in [-0.39, 0.29) is 0 Å². The van der Waals surface area contributed by atoms with E-state index in [9.17, 15) is 0 Å². The van der Waals surface area contributed by atoms with Gasteiger partial charge in [-0.2, -0.15) is 0 Å². The van der Waals surface area contributed by atoms with Crippen molar-refractivity contribution in [1.82, 2.24) is 20.3 Å². The number of fused-ring (bicyclic) bond motifs is 1. The molecule has 20 heavy (non-hydrogen) atoms. The standard InChI is InChI=1S/C16H18N4/c1-2-17-11-13-7-9-14(10-8-13)12-20-16-6-4-3-5-15(16)18-19-20/h3-10,17H,2,11-12H2,1H3. The molecule has 1 heterocycles. The molecule has 0 aliphatic heterocycles. The van der Waals surface area contributed by atoms with Crippen molar-refractivity contribution in [1.29, 1.82) is 0 Å². The second-order valence-corrected chi connectivity index (χ2v) is 4.83. The molecule has 102 valence electrons. The summed E-state index contributed by atoms with van der Waals surface area (Å²) in [7, 11) is 0. The van der Waals surface area contributed by atoms with Crippen LogP contribution in [-0.4, -0.2) is 21.5 Å². The Morgan fingerprint density at radius 2 is 1.75 bits per heavy atom. The molecule has 0 spiro atoms. The number of hydrogen-bond donors (Lipinski definition) is 1. The molecule has 0 atom stereocenters. The van der Waals surface area contributed by atoms with Gasteiger partial charge in [0.2, 0.25) is 0 Å². The summed E-state index contributed by atoms with van der Waals surface area (Å²) >= 11 is 0. The van der Waals surface area contributed by atoms with Gasteiger partial charge in [0.1, 0.15) is 5.52 Å². The highest BCUT2D eigenvalue weighted by molar-refractivity contribution is 5.73. The summed E-state index contributed by atoms with van der Waals surface area (Å²) in [6, 6.07) is 16.7. The van der Waals surface area contributed by atoms with Crippen LogP contribution in [0.5, 0.6) is 0 Å². The first-order valence-electron chi connectivity index (χ1n) is 6.93. The predicted molar refractivity (Wildman–Crippen MR) is 80.5 cm³/mol. The maximum atomic E-state index is 4.22. The highest BCUT2D eigenvalue weighted by Crippen LogP contribution is 2.12. The summed E-state index contributed by atoms with van der Waals surface area (Å²) in [6.45, 7) is 4.78. The summed E-state index contributed by atoms with van der Waals surface area (Å²) in [4.78, 5) is 0. The molecule has 0 fully saturated rings. The number of para-hydroxylation sites is 1. The molecule has 1 N–H and O–H groups in total. The third-order valence-corrected chi connectivity index (χ3v) is 3.35. The molecule has 3 rings (SSSR count). The lowest BCUT2D eigenvalue weighted by Crippen LogP contribution is -2.11. The Bertz CT molecular complexity index is 685. The van der Waals surface area contributed by atoms with Crippen molar-refractivity contribution < 1.29 is 0 Å². The zero-order chi connectivity index (χ0) is 13.8. The van der Waals surface area contributed by atoms with Crippen LogP contribution in [0.25, 0.3) is 11.0 Å². The van der Waals surface area contributed by atoms with Crippen molar-refractivity contribution >= 4 is 11.0 Å². The SMILES string of the molecule is CCNCc1ccc(Cn2nnc3ccccc32)cc1. The fourth-order valence-electron chi connectivity index (χ4n) is 2.24. The zero-order valence-corrected chi connectivity index (χ0v) is 11.6. The number of benzene rings is 2. The molecule has 0 radical (unpaired) electrons. The van der Waals surface area contributed by atoms with Crippen LogP contribution in [0, 0.1) is 0 Å². The average Bonchev–Trinajstić information content (AvgIpc) is 2.90. The van der Waals surface area contributed by atoms with Gasteiger partial charge in [0, 0.05) is 6.54 Å². The Kier molecular flexibility index (Phi) is 3.74. The van der Waals surface area contributed by atoms with Gasteiger partial charge in [0.05, 0.1) is 12.1 Å². The van der Waals surface area contributed by atoms with Crippen LogP contribution in [-0.2, 0) is 13.1 Å². The van der Waals surface area contributed by atoms with Crippen molar-refractivity contribution in [3.05, 3.63) is 59.7 Å². The van der Waals surface area contributed by atoms with Gasteiger partial charge in [-0.3, -0.25) is 0 Å². The molecule has 0 unspecified atom stereocenters. The predicted octanol–water partition coefficient (Wildman–Crippen LogP) is 2.59. The van der Waals surface area contributed by atoms with Crippen LogP contribution in [0.2, 0.25) is 0 Å². The summed E-state index contributed by atoms with van der Waals surface area (Å²) in [5.74, 6) is 0. The van der Waals surface area contributed by atoms with E-state index in [1.165, 1.54) is 11.1 Å². The Morgan fingerprint density at radius 1 is 1.00 bits per heavy atom. The van der Waals surface area contributed by atoms with E-state index in [0.29, 0.717) is 0 Å². The van der Waals surface area contributed by atoms with Crippen LogP contribution in [0.1, 0.15) is 18.1 Å². The number of aromatic nitrogens is 3. The van der Waals surface area contributed by atoms with E-state index in [0.717, 1.165) is 30.7 Å². The fraction of sp³-hybridized carbons (Fsp3) is 0.250. The molecule has 0 saturated carbocycles. The lowest BCUT2D eigenvalue weighted by Gasteiger charge is -2.05. The number of hydrogen-bond acceptors (Lipinski definition) is 3. The maximum absolute atomic E-state index is 4.22. The second kappa shape index (κ2) is 5.84. The molecule has 0 bridgehead atoms. The third kappa shape index (κ3) is 2.70. The number of rotatable bonds is 5. The highest BCUT2D eigenvalue weighted by atomic mass is 15.4. The zero-order valence-electron chi connectivity index (χ0n) is 11.6. The Hall–Kier alpha value is -2.20. The van der Waals surface area contributed by atoms with E-state index in [2.05, 4.69) is 52.9 Å². The molecule has 0 aliphatic carbocycles. The van der Waals surface area contributed by atoms with Crippen molar-refractivity contribution in [3.8, 4) is 0 Å². The molecule has 4 nitrogen and oxygen atoms in total. The van der Waals surface area contributed by atoms with E-state index in [1.807, 2.05) is 22.9 Å². The van der Waals surface area contributed by atoms with E-state index in [4.69, 9.17) is 0 Å². The highest BCUT2D eigenvalue weighted by Gasteiger charge is 2.04. The van der Waals surface area contributed by atoms with Gasteiger partial charge in [-0.15, -0.1) is 5.10 Å². The minimum atomic E-state index is 0.752. The van der Waals surface area contributed by atoms with Gasteiger partial charge in [-0.25, -0.2) is 4.68 Å². The minimum absolute atomic E-state index is 0.752. The fourth-order valence-corrected chi connectivity index (χ4v) is 2.24. The maximum Gasteiger partial charge on any atom is 0.113 e. The van der Waals surface area contributed by atoms with Crippen LogP contribution >= 0.6 is 0 Å². The van der Waals surface area contributed by atoms with Crippen molar-refractivity contribution in [2.45, 2.75) is 20.0 Å². The van der Waals surface area contributed by atoms with Crippen LogP contribution < -0.4 is 5.32 Å². The molecule has 4 heteroatoms.